The average Bonchev–Trinajstić information content (AvgIpc) is 2.90. The van der Waals surface area contributed by atoms with Crippen molar-refractivity contribution in [3.63, 3.8) is 0 Å². The monoisotopic (exact) mass is 254 g/mol. The van der Waals surface area contributed by atoms with Crippen molar-refractivity contribution in [1.29, 1.82) is 0 Å². The highest BCUT2D eigenvalue weighted by Gasteiger charge is 2.29. The predicted octanol–water partition coefficient (Wildman–Crippen LogP) is 0.699. The van der Waals surface area contributed by atoms with Gasteiger partial charge in [0.05, 0.1) is 5.92 Å². The van der Waals surface area contributed by atoms with Gasteiger partial charge in [-0.05, 0) is 38.1 Å². The Hall–Kier alpha value is -1.10. The third-order valence-electron chi connectivity index (χ3n) is 4.10. The second kappa shape index (κ2) is 6.18. The van der Waals surface area contributed by atoms with Crippen LogP contribution in [-0.4, -0.2) is 48.1 Å². The van der Waals surface area contributed by atoms with Crippen LogP contribution in [0.2, 0.25) is 0 Å². The van der Waals surface area contributed by atoms with Gasteiger partial charge < -0.3 is 15.3 Å². The zero-order chi connectivity index (χ0) is 13.0. The number of hydrogen-bond donors (Lipinski definition) is 2. The fraction of sp³-hybridized carbons (Fsp3) is 0.846. The van der Waals surface area contributed by atoms with Gasteiger partial charge in [-0.25, -0.2) is 0 Å². The van der Waals surface area contributed by atoms with Crippen molar-refractivity contribution in [2.24, 2.45) is 11.8 Å². The molecule has 2 rings (SSSR count). The maximum atomic E-state index is 12.2. The van der Waals surface area contributed by atoms with E-state index in [9.17, 15) is 9.59 Å². The first-order chi connectivity index (χ1) is 8.66. The SMILES string of the molecule is O=C(O)CCC1CCN(C(=O)C2CCNC2)CC1. The molecule has 0 aromatic carbocycles. The standard InChI is InChI=1S/C13H22N2O3/c16-12(17)2-1-10-4-7-15(8-5-10)13(18)11-3-6-14-9-11/h10-11,14H,1-9H2,(H,16,17). The number of piperidine rings is 1. The third kappa shape index (κ3) is 3.45. The summed E-state index contributed by atoms with van der Waals surface area (Å²) in [5.74, 6) is 0.217. The maximum Gasteiger partial charge on any atom is 0.303 e. The summed E-state index contributed by atoms with van der Waals surface area (Å²) in [6.45, 7) is 3.38. The lowest BCUT2D eigenvalue weighted by molar-refractivity contribution is -0.139. The highest BCUT2D eigenvalue weighted by Crippen LogP contribution is 2.23. The van der Waals surface area contributed by atoms with Crippen LogP contribution < -0.4 is 5.32 Å². The first-order valence-corrected chi connectivity index (χ1v) is 6.88. The molecule has 0 spiro atoms. The summed E-state index contributed by atoms with van der Waals surface area (Å²) in [6.07, 6.45) is 3.88. The molecule has 1 unspecified atom stereocenters. The Labute approximate surface area is 108 Å². The molecule has 2 saturated heterocycles. The van der Waals surface area contributed by atoms with E-state index >= 15 is 0 Å². The van der Waals surface area contributed by atoms with E-state index in [0.717, 1.165) is 51.9 Å². The van der Waals surface area contributed by atoms with Gasteiger partial charge in [0.2, 0.25) is 5.91 Å². The molecule has 2 aliphatic rings. The summed E-state index contributed by atoms with van der Waals surface area (Å²) >= 11 is 0. The van der Waals surface area contributed by atoms with Gasteiger partial charge in [-0.1, -0.05) is 0 Å². The van der Waals surface area contributed by atoms with Gasteiger partial charge >= 0.3 is 5.97 Å². The summed E-state index contributed by atoms with van der Waals surface area (Å²) in [5.41, 5.74) is 0. The lowest BCUT2D eigenvalue weighted by Gasteiger charge is -2.33. The highest BCUT2D eigenvalue weighted by atomic mass is 16.4. The fourth-order valence-electron chi connectivity index (χ4n) is 2.89. The number of amides is 1. The van der Waals surface area contributed by atoms with Crippen LogP contribution in [0.1, 0.15) is 32.1 Å². The van der Waals surface area contributed by atoms with Crippen molar-refractivity contribution in [2.45, 2.75) is 32.1 Å². The molecule has 2 aliphatic heterocycles. The minimum absolute atomic E-state index is 0.167. The Kier molecular flexibility index (Phi) is 4.58. The lowest BCUT2D eigenvalue weighted by Crippen LogP contribution is -2.42. The molecule has 1 atom stereocenters. The van der Waals surface area contributed by atoms with Crippen molar-refractivity contribution < 1.29 is 14.7 Å². The lowest BCUT2D eigenvalue weighted by atomic mass is 9.91. The molecule has 5 heteroatoms. The van der Waals surface area contributed by atoms with Crippen LogP contribution >= 0.6 is 0 Å². The number of carboxylic acids is 1. The number of hydrogen-bond acceptors (Lipinski definition) is 3. The number of aliphatic carboxylic acids is 1. The third-order valence-corrected chi connectivity index (χ3v) is 4.10. The van der Waals surface area contributed by atoms with E-state index in [1.165, 1.54) is 0 Å². The van der Waals surface area contributed by atoms with Gasteiger partial charge in [-0.3, -0.25) is 9.59 Å². The number of nitrogens with zero attached hydrogens (tertiary/aromatic N) is 1. The second-order valence-corrected chi connectivity index (χ2v) is 5.39. The van der Waals surface area contributed by atoms with E-state index in [1.807, 2.05) is 4.90 Å². The summed E-state index contributed by atoms with van der Waals surface area (Å²) < 4.78 is 0. The number of nitrogens with one attached hydrogen (secondary N) is 1. The van der Waals surface area contributed by atoms with E-state index in [0.29, 0.717) is 5.92 Å². The van der Waals surface area contributed by atoms with Crippen LogP contribution in [0, 0.1) is 11.8 Å². The van der Waals surface area contributed by atoms with Gasteiger partial charge in [-0.15, -0.1) is 0 Å². The van der Waals surface area contributed by atoms with Crippen molar-refractivity contribution in [1.82, 2.24) is 10.2 Å². The molecule has 18 heavy (non-hydrogen) atoms. The van der Waals surface area contributed by atoms with Crippen LogP contribution in [-0.2, 0) is 9.59 Å². The van der Waals surface area contributed by atoms with E-state index in [1.54, 1.807) is 0 Å². The number of carbonyl (C=O) groups is 2. The van der Waals surface area contributed by atoms with E-state index in [4.69, 9.17) is 5.11 Å². The second-order valence-electron chi connectivity index (χ2n) is 5.39. The molecule has 2 heterocycles. The Balaban J connectivity index is 1.72. The molecule has 0 bridgehead atoms. The Bertz CT molecular complexity index is 305. The molecule has 102 valence electrons. The zero-order valence-electron chi connectivity index (χ0n) is 10.7. The molecule has 0 aromatic rings. The summed E-state index contributed by atoms with van der Waals surface area (Å²) in [7, 11) is 0. The average molecular weight is 254 g/mol. The van der Waals surface area contributed by atoms with Gasteiger partial charge in [0.15, 0.2) is 0 Å². The van der Waals surface area contributed by atoms with Crippen LogP contribution in [0.5, 0.6) is 0 Å². The van der Waals surface area contributed by atoms with Crippen LogP contribution in [0.4, 0.5) is 0 Å². The molecule has 2 fully saturated rings. The highest BCUT2D eigenvalue weighted by molar-refractivity contribution is 5.79. The topological polar surface area (TPSA) is 69.6 Å². The van der Waals surface area contributed by atoms with Crippen molar-refractivity contribution in [3.8, 4) is 0 Å². The molecular weight excluding hydrogens is 232 g/mol. The smallest absolute Gasteiger partial charge is 0.303 e. The number of likely N-dealkylation sites (tertiary alicyclic amines) is 1. The van der Waals surface area contributed by atoms with E-state index < -0.39 is 5.97 Å². The zero-order valence-corrected chi connectivity index (χ0v) is 10.7. The first kappa shape index (κ1) is 13.3. The number of carboxylic acid groups (broad SMARTS) is 1. The van der Waals surface area contributed by atoms with Crippen molar-refractivity contribution in [2.75, 3.05) is 26.2 Å². The van der Waals surface area contributed by atoms with Crippen molar-refractivity contribution in [3.05, 3.63) is 0 Å². The fourth-order valence-corrected chi connectivity index (χ4v) is 2.89. The van der Waals surface area contributed by atoms with Crippen molar-refractivity contribution >= 4 is 11.9 Å². The van der Waals surface area contributed by atoms with E-state index in [2.05, 4.69) is 5.32 Å². The molecule has 0 radical (unpaired) electrons. The molecule has 0 aliphatic carbocycles. The predicted molar refractivity (Wildman–Crippen MR) is 67.2 cm³/mol. The summed E-state index contributed by atoms with van der Waals surface area (Å²) in [4.78, 5) is 24.6. The molecule has 5 nitrogen and oxygen atoms in total. The van der Waals surface area contributed by atoms with Gasteiger partial charge in [0.25, 0.3) is 0 Å². The van der Waals surface area contributed by atoms with Gasteiger partial charge in [0, 0.05) is 26.1 Å². The Morgan fingerprint density at radius 3 is 2.50 bits per heavy atom. The molecule has 2 N–H and O–H groups in total. The molecule has 0 saturated carbocycles. The van der Waals surface area contributed by atoms with Crippen LogP contribution in [0.15, 0.2) is 0 Å². The maximum absolute atomic E-state index is 12.2. The first-order valence-electron chi connectivity index (χ1n) is 6.88. The largest absolute Gasteiger partial charge is 0.481 e. The summed E-state index contributed by atoms with van der Waals surface area (Å²) in [6, 6.07) is 0. The van der Waals surface area contributed by atoms with Gasteiger partial charge in [-0.2, -0.15) is 0 Å². The minimum Gasteiger partial charge on any atom is -0.481 e. The van der Waals surface area contributed by atoms with E-state index in [-0.39, 0.29) is 18.2 Å². The molecule has 1 amide bonds. The summed E-state index contributed by atoms with van der Waals surface area (Å²) in [5, 5.41) is 11.9. The Morgan fingerprint density at radius 2 is 1.94 bits per heavy atom. The minimum atomic E-state index is -0.717. The quantitative estimate of drug-likeness (QED) is 0.775. The number of rotatable bonds is 4. The van der Waals surface area contributed by atoms with Gasteiger partial charge in [0.1, 0.15) is 0 Å². The Morgan fingerprint density at radius 1 is 1.22 bits per heavy atom. The number of carbonyl (C=O) groups excluding carboxylic acids is 1. The van der Waals surface area contributed by atoms with Crippen LogP contribution in [0.3, 0.4) is 0 Å². The molecule has 0 aromatic heterocycles. The van der Waals surface area contributed by atoms with Crippen LogP contribution in [0.25, 0.3) is 0 Å². The normalized spacial score (nSPS) is 25.3. The molecular formula is C13H22N2O3.